The van der Waals surface area contributed by atoms with Crippen LogP contribution in [0.5, 0.6) is 0 Å². The third-order valence-electron chi connectivity index (χ3n) is 4.89. The number of imide groups is 1. The number of hydrogen-bond acceptors (Lipinski definition) is 14. The third kappa shape index (κ3) is 11.5. The van der Waals surface area contributed by atoms with Crippen LogP contribution in [-0.4, -0.2) is 84.2 Å². The summed E-state index contributed by atoms with van der Waals surface area (Å²) < 4.78 is 24.7. The first kappa shape index (κ1) is 33.0. The van der Waals surface area contributed by atoms with Crippen LogP contribution >= 0.6 is 0 Å². The van der Waals surface area contributed by atoms with Crippen LogP contribution < -0.4 is 0 Å². The number of nitrogens with zero attached hydrogens (tertiary/aromatic N) is 1. The summed E-state index contributed by atoms with van der Waals surface area (Å²) in [5.41, 5.74) is 0. The molecule has 0 unspecified atom stereocenters. The summed E-state index contributed by atoms with van der Waals surface area (Å²) in [5.74, 6) is -9.28. The molecular weight excluding hydrogens is 526 g/mol. The Bertz CT molecular complexity index is 929. The molecule has 0 aliphatic carbocycles. The fourth-order valence-electron chi connectivity index (χ4n) is 2.96. The van der Waals surface area contributed by atoms with E-state index >= 15 is 0 Å². The van der Waals surface area contributed by atoms with Gasteiger partial charge in [0.2, 0.25) is 18.3 Å². The van der Waals surface area contributed by atoms with E-state index in [1.807, 2.05) is 13.8 Å². The largest absolute Gasteiger partial charge is 0.466 e. The van der Waals surface area contributed by atoms with Crippen molar-refractivity contribution in [1.29, 1.82) is 0 Å². The van der Waals surface area contributed by atoms with Crippen molar-refractivity contribution >= 4 is 47.6 Å². The van der Waals surface area contributed by atoms with Gasteiger partial charge in [0.05, 0.1) is 19.6 Å². The Kier molecular flexibility index (Phi) is 14.2. The zero-order valence-electron chi connectivity index (χ0n) is 22.3. The molecule has 39 heavy (non-hydrogen) atoms. The monoisotopic (exact) mass is 559 g/mol. The first-order valence-electron chi connectivity index (χ1n) is 12.4. The summed E-state index contributed by atoms with van der Waals surface area (Å²) in [6, 6.07) is 0. The Morgan fingerprint density at radius 3 is 1.69 bits per heavy atom. The summed E-state index contributed by atoms with van der Waals surface area (Å²) in [5, 5.41) is 0.120. The summed E-state index contributed by atoms with van der Waals surface area (Å²) in [4.78, 5) is 102. The molecule has 0 N–H and O–H groups in total. The molecule has 2 amide bonds. The molecule has 218 valence electrons. The van der Waals surface area contributed by atoms with Crippen LogP contribution in [0.3, 0.4) is 0 Å². The Hall–Kier alpha value is -4.04. The number of carbonyl (C=O) groups is 8. The van der Waals surface area contributed by atoms with E-state index in [9.17, 15) is 38.4 Å². The van der Waals surface area contributed by atoms with Crippen LogP contribution in [0.1, 0.15) is 72.6 Å². The van der Waals surface area contributed by atoms with Gasteiger partial charge in [-0.3, -0.25) is 24.0 Å². The molecule has 1 heterocycles. The molecule has 1 saturated heterocycles. The van der Waals surface area contributed by atoms with Crippen molar-refractivity contribution in [1.82, 2.24) is 5.06 Å². The van der Waals surface area contributed by atoms with Gasteiger partial charge in [-0.1, -0.05) is 26.7 Å². The standard InChI is InChI=1S/C24H33NO14/c1-5-7-11-34-19(30)13-16(22(31)35-12-8-6-2)38-23(32)20(36-14(3)26)21(37-15(4)27)24(33)39-25-17(28)9-10-18(25)29/h16,20-21H,5-13H2,1-4H3/t16-,20+,21+/m0/s1. The van der Waals surface area contributed by atoms with Crippen LogP contribution in [0.2, 0.25) is 0 Å². The van der Waals surface area contributed by atoms with Gasteiger partial charge >= 0.3 is 35.8 Å². The zero-order valence-corrected chi connectivity index (χ0v) is 22.3. The highest BCUT2D eigenvalue weighted by atomic mass is 16.7. The Balaban J connectivity index is 3.21. The maximum atomic E-state index is 13.1. The van der Waals surface area contributed by atoms with Gasteiger partial charge in [-0.2, -0.15) is 0 Å². The predicted octanol–water partition coefficient (Wildman–Crippen LogP) is 0.446. The minimum Gasteiger partial charge on any atom is -0.466 e. The molecule has 0 aromatic rings. The Morgan fingerprint density at radius 1 is 0.718 bits per heavy atom. The highest BCUT2D eigenvalue weighted by molar-refractivity contribution is 6.02. The van der Waals surface area contributed by atoms with Gasteiger partial charge < -0.3 is 28.5 Å². The van der Waals surface area contributed by atoms with Gasteiger partial charge in [0.25, 0.3) is 11.8 Å². The van der Waals surface area contributed by atoms with Crippen molar-refractivity contribution in [2.24, 2.45) is 0 Å². The molecule has 0 aromatic heterocycles. The van der Waals surface area contributed by atoms with E-state index in [1.54, 1.807) is 0 Å². The lowest BCUT2D eigenvalue weighted by Crippen LogP contribution is -2.50. The molecule has 15 nitrogen and oxygen atoms in total. The second kappa shape index (κ2) is 16.7. The molecule has 1 fully saturated rings. The first-order valence-corrected chi connectivity index (χ1v) is 12.4. The number of esters is 5. The molecule has 1 aliphatic rings. The maximum absolute atomic E-state index is 13.1. The smallest absolute Gasteiger partial charge is 0.377 e. The molecule has 1 aliphatic heterocycles. The van der Waals surface area contributed by atoms with Gasteiger partial charge in [0.15, 0.2) is 0 Å². The van der Waals surface area contributed by atoms with Crippen LogP contribution in [0, 0.1) is 0 Å². The second-order valence-electron chi connectivity index (χ2n) is 8.28. The van der Waals surface area contributed by atoms with E-state index in [-0.39, 0.29) is 31.1 Å². The third-order valence-corrected chi connectivity index (χ3v) is 4.89. The lowest BCUT2D eigenvalue weighted by atomic mass is 10.2. The maximum Gasteiger partial charge on any atom is 0.377 e. The lowest BCUT2D eigenvalue weighted by molar-refractivity contribution is -0.214. The van der Waals surface area contributed by atoms with E-state index in [0.29, 0.717) is 19.3 Å². The number of rotatable bonds is 16. The van der Waals surface area contributed by atoms with Gasteiger partial charge in [-0.05, 0) is 12.8 Å². The van der Waals surface area contributed by atoms with Crippen molar-refractivity contribution in [3.05, 3.63) is 0 Å². The van der Waals surface area contributed by atoms with E-state index in [2.05, 4.69) is 0 Å². The Morgan fingerprint density at radius 2 is 1.21 bits per heavy atom. The quantitative estimate of drug-likeness (QED) is 0.109. The molecule has 0 spiro atoms. The topological polar surface area (TPSA) is 195 Å². The van der Waals surface area contributed by atoms with Gasteiger partial charge in [-0.25, -0.2) is 14.4 Å². The average Bonchev–Trinajstić information content (AvgIpc) is 3.17. The van der Waals surface area contributed by atoms with Crippen LogP contribution in [0.4, 0.5) is 0 Å². The minimum atomic E-state index is -2.35. The van der Waals surface area contributed by atoms with Crippen molar-refractivity contribution < 1.29 is 66.9 Å². The summed E-state index contributed by atoms with van der Waals surface area (Å²) in [7, 11) is 0. The van der Waals surface area contributed by atoms with Gasteiger partial charge in [-0.15, -0.1) is 5.06 Å². The van der Waals surface area contributed by atoms with E-state index in [1.165, 1.54) is 0 Å². The van der Waals surface area contributed by atoms with Crippen LogP contribution in [-0.2, 0) is 66.9 Å². The van der Waals surface area contributed by atoms with E-state index in [0.717, 1.165) is 20.3 Å². The number of ether oxygens (including phenoxy) is 5. The van der Waals surface area contributed by atoms with Gasteiger partial charge in [0.1, 0.15) is 0 Å². The van der Waals surface area contributed by atoms with E-state index in [4.69, 9.17) is 28.5 Å². The summed E-state index contributed by atoms with van der Waals surface area (Å²) in [6.07, 6.45) is -5.47. The molecule has 1 rings (SSSR count). The molecule has 0 saturated carbocycles. The fraction of sp³-hybridized carbons (Fsp3) is 0.667. The number of carbonyl (C=O) groups excluding carboxylic acids is 8. The number of hydrogen-bond donors (Lipinski definition) is 0. The summed E-state index contributed by atoms with van der Waals surface area (Å²) >= 11 is 0. The highest BCUT2D eigenvalue weighted by Crippen LogP contribution is 2.18. The van der Waals surface area contributed by atoms with Crippen molar-refractivity contribution in [2.45, 2.75) is 91.0 Å². The SMILES string of the molecule is CCCCOC(=O)C[C@H](OC(=O)[C@H](OC(C)=O)[C@@H](OC(C)=O)C(=O)ON1C(=O)CCC1=O)C(=O)OCCCC. The molecular formula is C24H33NO14. The number of amides is 2. The van der Waals surface area contributed by atoms with Crippen LogP contribution in [0.15, 0.2) is 0 Å². The predicted molar refractivity (Wildman–Crippen MR) is 125 cm³/mol. The number of hydroxylamine groups is 2. The van der Waals surface area contributed by atoms with Crippen molar-refractivity contribution in [3.8, 4) is 0 Å². The number of unbranched alkanes of at least 4 members (excludes halogenated alkanes) is 2. The molecule has 0 radical (unpaired) electrons. The lowest BCUT2D eigenvalue weighted by Gasteiger charge is -2.25. The van der Waals surface area contributed by atoms with Crippen molar-refractivity contribution in [3.63, 3.8) is 0 Å². The molecule has 0 aromatic carbocycles. The zero-order chi connectivity index (χ0) is 29.5. The normalized spacial score (nSPS) is 15.0. The van der Waals surface area contributed by atoms with E-state index < -0.39 is 72.4 Å². The van der Waals surface area contributed by atoms with Crippen molar-refractivity contribution in [2.75, 3.05) is 13.2 Å². The highest BCUT2D eigenvalue weighted by Gasteiger charge is 2.46. The summed E-state index contributed by atoms with van der Waals surface area (Å²) in [6.45, 7) is 5.39. The second-order valence-corrected chi connectivity index (χ2v) is 8.28. The molecule has 0 bridgehead atoms. The van der Waals surface area contributed by atoms with Gasteiger partial charge in [0, 0.05) is 26.7 Å². The van der Waals surface area contributed by atoms with Crippen LogP contribution in [0.25, 0.3) is 0 Å². The average molecular weight is 560 g/mol. The Labute approximate surface area is 224 Å². The molecule has 3 atom stereocenters. The molecule has 15 heteroatoms. The fourth-order valence-corrected chi connectivity index (χ4v) is 2.96. The first-order chi connectivity index (χ1) is 18.4. The minimum absolute atomic E-state index is 0.0469.